The summed E-state index contributed by atoms with van der Waals surface area (Å²) in [6.45, 7) is 9.09. The zero-order chi connectivity index (χ0) is 14.0. The highest BCUT2D eigenvalue weighted by Crippen LogP contribution is 2.35. The molecule has 0 bridgehead atoms. The lowest BCUT2D eigenvalue weighted by atomic mass is 9.80. The molecule has 0 saturated carbocycles. The highest BCUT2D eigenvalue weighted by atomic mass is 19.1. The van der Waals surface area contributed by atoms with Crippen LogP contribution in [-0.2, 0) is 6.54 Å². The van der Waals surface area contributed by atoms with Gasteiger partial charge in [0.05, 0.1) is 0 Å². The molecule has 4 heteroatoms. The highest BCUT2D eigenvalue weighted by Gasteiger charge is 2.33. The summed E-state index contributed by atoms with van der Waals surface area (Å²) < 4.78 is 14.4. The molecule has 1 saturated heterocycles. The van der Waals surface area contributed by atoms with Crippen LogP contribution in [0.1, 0.15) is 32.8 Å². The molecule has 3 nitrogen and oxygen atoms in total. The number of nitrogens with zero attached hydrogens (tertiary/aromatic N) is 2. The molecule has 2 rings (SSSR count). The van der Waals surface area contributed by atoms with Crippen molar-refractivity contribution in [1.82, 2.24) is 10.3 Å². The molecule has 0 radical (unpaired) electrons. The van der Waals surface area contributed by atoms with Gasteiger partial charge in [-0.15, -0.1) is 0 Å². The van der Waals surface area contributed by atoms with Crippen LogP contribution in [0.25, 0.3) is 0 Å². The Morgan fingerprint density at radius 2 is 2.21 bits per heavy atom. The van der Waals surface area contributed by atoms with Crippen molar-refractivity contribution in [2.45, 2.75) is 33.7 Å². The topological polar surface area (TPSA) is 28.2 Å². The van der Waals surface area contributed by atoms with Gasteiger partial charge in [0.25, 0.3) is 0 Å². The summed E-state index contributed by atoms with van der Waals surface area (Å²) in [5, 5.41) is 2.99. The van der Waals surface area contributed by atoms with Gasteiger partial charge in [-0.1, -0.05) is 20.8 Å². The van der Waals surface area contributed by atoms with Crippen molar-refractivity contribution >= 4 is 5.82 Å². The van der Waals surface area contributed by atoms with Crippen molar-refractivity contribution in [3.63, 3.8) is 0 Å². The van der Waals surface area contributed by atoms with Crippen LogP contribution in [0.5, 0.6) is 0 Å². The van der Waals surface area contributed by atoms with Gasteiger partial charge in [-0.05, 0) is 30.9 Å². The van der Waals surface area contributed by atoms with E-state index >= 15 is 0 Å². The first-order chi connectivity index (χ1) is 8.93. The van der Waals surface area contributed by atoms with Gasteiger partial charge >= 0.3 is 0 Å². The summed E-state index contributed by atoms with van der Waals surface area (Å²) in [6, 6.07) is 1.74. The quantitative estimate of drug-likeness (QED) is 0.911. The predicted octanol–water partition coefficient (Wildman–Crippen LogP) is 2.81. The Morgan fingerprint density at radius 1 is 1.47 bits per heavy atom. The summed E-state index contributed by atoms with van der Waals surface area (Å²) in [7, 11) is 1.82. The Balaban J connectivity index is 2.18. The third kappa shape index (κ3) is 3.06. The first-order valence-electron chi connectivity index (χ1n) is 6.96. The third-order valence-corrected chi connectivity index (χ3v) is 4.03. The van der Waals surface area contributed by atoms with Crippen molar-refractivity contribution in [2.75, 3.05) is 25.0 Å². The minimum absolute atomic E-state index is 0.175. The van der Waals surface area contributed by atoms with Gasteiger partial charge < -0.3 is 10.2 Å². The molecular formula is C15H24FN3. The Labute approximate surface area is 115 Å². The van der Waals surface area contributed by atoms with Crippen LogP contribution in [0.4, 0.5) is 10.2 Å². The maximum atomic E-state index is 14.4. The third-order valence-electron chi connectivity index (χ3n) is 4.03. The molecule has 1 N–H and O–H groups in total. The van der Waals surface area contributed by atoms with Crippen LogP contribution in [0, 0.1) is 17.2 Å². The van der Waals surface area contributed by atoms with Gasteiger partial charge in [-0.2, -0.15) is 0 Å². The predicted molar refractivity (Wildman–Crippen MR) is 76.7 cm³/mol. The number of halogens is 1. The Kier molecular flexibility index (Phi) is 4.09. The normalized spacial score (nSPS) is 20.1. The Morgan fingerprint density at radius 3 is 2.79 bits per heavy atom. The van der Waals surface area contributed by atoms with Crippen molar-refractivity contribution < 1.29 is 4.39 Å². The number of pyridine rings is 1. The van der Waals surface area contributed by atoms with Gasteiger partial charge in [0.15, 0.2) is 11.6 Å². The maximum absolute atomic E-state index is 14.4. The summed E-state index contributed by atoms with van der Waals surface area (Å²) in [5.41, 5.74) is 0.958. The van der Waals surface area contributed by atoms with E-state index in [4.69, 9.17) is 0 Å². The lowest BCUT2D eigenvalue weighted by Crippen LogP contribution is -2.27. The molecule has 0 amide bonds. The van der Waals surface area contributed by atoms with E-state index in [1.54, 1.807) is 12.3 Å². The Bertz CT molecular complexity index is 440. The maximum Gasteiger partial charge on any atom is 0.170 e. The smallest absolute Gasteiger partial charge is 0.170 e. The SMILES string of the molecule is CNCc1ccnc(N2CCC(C(C)(C)C)C2)c1F. The minimum atomic E-state index is -0.175. The standard InChI is InChI=1S/C15H24FN3/c1-15(2,3)12-6-8-19(10-12)14-13(16)11(9-17-4)5-7-18-14/h5,7,12,17H,6,8-10H2,1-4H3. The van der Waals surface area contributed by atoms with Crippen molar-refractivity contribution in [3.8, 4) is 0 Å². The number of hydrogen-bond acceptors (Lipinski definition) is 3. The van der Waals surface area contributed by atoms with E-state index in [-0.39, 0.29) is 11.2 Å². The molecule has 2 heterocycles. The summed E-state index contributed by atoms with van der Waals surface area (Å²) in [5.74, 6) is 0.938. The molecule has 1 aromatic heterocycles. The largest absolute Gasteiger partial charge is 0.354 e. The number of rotatable bonds is 3. The molecule has 19 heavy (non-hydrogen) atoms. The monoisotopic (exact) mass is 265 g/mol. The summed E-state index contributed by atoms with van der Waals surface area (Å²) in [4.78, 5) is 6.33. The van der Waals surface area contributed by atoms with E-state index in [1.807, 2.05) is 7.05 Å². The second-order valence-electron chi connectivity index (χ2n) is 6.44. The fourth-order valence-electron chi connectivity index (χ4n) is 2.68. The van der Waals surface area contributed by atoms with Crippen LogP contribution in [0.2, 0.25) is 0 Å². The zero-order valence-corrected chi connectivity index (χ0v) is 12.3. The first-order valence-corrected chi connectivity index (χ1v) is 6.96. The van der Waals surface area contributed by atoms with Gasteiger partial charge in [0.2, 0.25) is 0 Å². The van der Waals surface area contributed by atoms with Crippen molar-refractivity contribution in [2.24, 2.45) is 11.3 Å². The average Bonchev–Trinajstić information content (AvgIpc) is 2.81. The molecule has 1 aromatic rings. The first kappa shape index (κ1) is 14.3. The molecule has 1 atom stereocenters. The molecule has 0 aromatic carbocycles. The summed E-state index contributed by atoms with van der Waals surface area (Å²) in [6.07, 6.45) is 2.82. The van der Waals surface area contributed by atoms with Gasteiger partial charge in [-0.25, -0.2) is 9.37 Å². The van der Waals surface area contributed by atoms with Crippen LogP contribution in [-0.4, -0.2) is 25.1 Å². The fourth-order valence-corrected chi connectivity index (χ4v) is 2.68. The molecule has 106 valence electrons. The number of hydrogen-bond donors (Lipinski definition) is 1. The lowest BCUT2D eigenvalue weighted by Gasteiger charge is -2.27. The number of anilines is 1. The molecule has 1 unspecified atom stereocenters. The van der Waals surface area contributed by atoms with Crippen LogP contribution in [0.3, 0.4) is 0 Å². The van der Waals surface area contributed by atoms with Crippen LogP contribution >= 0.6 is 0 Å². The average molecular weight is 265 g/mol. The van der Waals surface area contributed by atoms with E-state index in [2.05, 4.69) is 36.0 Å². The molecule has 1 aliphatic heterocycles. The van der Waals surface area contributed by atoms with E-state index in [0.29, 0.717) is 23.8 Å². The molecule has 0 aliphatic carbocycles. The molecule has 1 fully saturated rings. The van der Waals surface area contributed by atoms with Gasteiger partial charge in [-0.3, -0.25) is 0 Å². The van der Waals surface area contributed by atoms with E-state index in [0.717, 1.165) is 19.5 Å². The van der Waals surface area contributed by atoms with Crippen LogP contribution < -0.4 is 10.2 Å². The lowest BCUT2D eigenvalue weighted by molar-refractivity contribution is 0.263. The highest BCUT2D eigenvalue weighted by molar-refractivity contribution is 5.44. The van der Waals surface area contributed by atoms with Crippen molar-refractivity contribution in [1.29, 1.82) is 0 Å². The van der Waals surface area contributed by atoms with E-state index < -0.39 is 0 Å². The van der Waals surface area contributed by atoms with Gasteiger partial charge in [0, 0.05) is 31.4 Å². The van der Waals surface area contributed by atoms with E-state index in [1.165, 1.54) is 0 Å². The second-order valence-corrected chi connectivity index (χ2v) is 6.44. The molecule has 1 aliphatic rings. The van der Waals surface area contributed by atoms with Gasteiger partial charge in [0.1, 0.15) is 0 Å². The minimum Gasteiger partial charge on any atom is -0.354 e. The fraction of sp³-hybridized carbons (Fsp3) is 0.667. The zero-order valence-electron chi connectivity index (χ0n) is 12.3. The number of aromatic nitrogens is 1. The summed E-state index contributed by atoms with van der Waals surface area (Å²) >= 11 is 0. The number of nitrogens with one attached hydrogen (secondary N) is 1. The molecular weight excluding hydrogens is 241 g/mol. The Hall–Kier alpha value is -1.16. The molecule has 0 spiro atoms. The second kappa shape index (κ2) is 5.45. The van der Waals surface area contributed by atoms with E-state index in [9.17, 15) is 4.39 Å². The van der Waals surface area contributed by atoms with Crippen molar-refractivity contribution in [3.05, 3.63) is 23.6 Å². The van der Waals surface area contributed by atoms with Crippen LogP contribution in [0.15, 0.2) is 12.3 Å².